The minimum Gasteiger partial charge on any atom is -0.305 e. The molecule has 100 valence electrons. The van der Waals surface area contributed by atoms with E-state index in [1.165, 1.54) is 6.20 Å². The van der Waals surface area contributed by atoms with Crippen molar-refractivity contribution in [3.8, 4) is 0 Å². The summed E-state index contributed by atoms with van der Waals surface area (Å²) >= 11 is 0. The van der Waals surface area contributed by atoms with Crippen LogP contribution in [-0.4, -0.2) is 19.6 Å². The summed E-state index contributed by atoms with van der Waals surface area (Å²) in [6.07, 6.45) is 3.20. The van der Waals surface area contributed by atoms with Crippen LogP contribution in [0.4, 0.5) is 8.78 Å². The van der Waals surface area contributed by atoms with Gasteiger partial charge in [0, 0.05) is 32.5 Å². The fourth-order valence-electron chi connectivity index (χ4n) is 1.53. The second-order valence-electron chi connectivity index (χ2n) is 3.63. The number of hydrogen-bond acceptors (Lipinski definition) is 3. The first-order valence-corrected chi connectivity index (χ1v) is 5.16. The van der Waals surface area contributed by atoms with Crippen molar-refractivity contribution in [3.63, 3.8) is 0 Å². The summed E-state index contributed by atoms with van der Waals surface area (Å²) in [6, 6.07) is 3.44. The molecule has 0 atom stereocenters. The predicted molar refractivity (Wildman–Crippen MR) is 64.5 cm³/mol. The van der Waals surface area contributed by atoms with Crippen LogP contribution < -0.4 is 5.32 Å². The lowest BCUT2D eigenvalue weighted by atomic mass is 10.4. The highest BCUT2D eigenvalue weighted by Gasteiger charge is 2.10. The lowest BCUT2D eigenvalue weighted by molar-refractivity contribution is 0.0531. The molecule has 2 aromatic heterocycles. The Morgan fingerprint density at radius 1 is 1.33 bits per heavy atom. The topological polar surface area (TPSA) is 47.7 Å². The van der Waals surface area contributed by atoms with Crippen LogP contribution in [0.2, 0.25) is 0 Å². The van der Waals surface area contributed by atoms with E-state index in [1.807, 2.05) is 19.3 Å². The summed E-state index contributed by atoms with van der Waals surface area (Å²) in [5.74, 6) is 0. The molecule has 0 saturated heterocycles. The van der Waals surface area contributed by atoms with Crippen molar-refractivity contribution < 1.29 is 8.78 Å². The predicted octanol–water partition coefficient (Wildman–Crippen LogP) is 1.72. The average molecular weight is 278 g/mol. The average Bonchev–Trinajstić information content (AvgIpc) is 2.87. The molecule has 0 fully saturated rings. The third kappa shape index (κ3) is 3.51. The first-order chi connectivity index (χ1) is 8.16. The van der Waals surface area contributed by atoms with Gasteiger partial charge in [-0.15, -0.1) is 12.4 Å². The third-order valence-corrected chi connectivity index (χ3v) is 2.32. The molecular weight excluding hydrogens is 264 g/mol. The SMILES string of the molecule is Cl.Cn1ccc(CNCc2ccnn2C(F)F)n1. The Bertz CT molecular complexity index is 482. The summed E-state index contributed by atoms with van der Waals surface area (Å²) < 4.78 is 27.3. The highest BCUT2D eigenvalue weighted by atomic mass is 35.5. The van der Waals surface area contributed by atoms with Gasteiger partial charge in [0.1, 0.15) is 0 Å². The third-order valence-electron chi connectivity index (χ3n) is 2.32. The van der Waals surface area contributed by atoms with Crippen molar-refractivity contribution >= 4 is 12.4 Å². The van der Waals surface area contributed by atoms with E-state index in [4.69, 9.17) is 0 Å². The molecule has 2 heterocycles. The molecule has 2 aromatic rings. The van der Waals surface area contributed by atoms with Crippen LogP contribution in [0.15, 0.2) is 24.5 Å². The largest absolute Gasteiger partial charge is 0.333 e. The number of aromatic nitrogens is 4. The fraction of sp³-hybridized carbons (Fsp3) is 0.400. The Morgan fingerprint density at radius 2 is 2.11 bits per heavy atom. The van der Waals surface area contributed by atoms with E-state index in [1.54, 1.807) is 10.7 Å². The van der Waals surface area contributed by atoms with Crippen molar-refractivity contribution in [2.75, 3.05) is 0 Å². The molecule has 2 rings (SSSR count). The second kappa shape index (κ2) is 6.46. The maximum atomic E-state index is 12.5. The van der Waals surface area contributed by atoms with Gasteiger partial charge >= 0.3 is 6.55 Å². The molecule has 1 N–H and O–H groups in total. The molecule has 0 unspecified atom stereocenters. The number of alkyl halides is 2. The monoisotopic (exact) mass is 277 g/mol. The van der Waals surface area contributed by atoms with Gasteiger partial charge in [-0.25, -0.2) is 4.68 Å². The van der Waals surface area contributed by atoms with E-state index < -0.39 is 6.55 Å². The molecule has 0 aliphatic rings. The lowest BCUT2D eigenvalue weighted by Crippen LogP contribution is -2.17. The number of rotatable bonds is 5. The highest BCUT2D eigenvalue weighted by Crippen LogP contribution is 2.11. The minimum absolute atomic E-state index is 0. The summed E-state index contributed by atoms with van der Waals surface area (Å²) in [7, 11) is 1.83. The number of hydrogen-bond donors (Lipinski definition) is 1. The van der Waals surface area contributed by atoms with E-state index in [0.29, 0.717) is 23.5 Å². The molecule has 0 aromatic carbocycles. The molecule has 5 nitrogen and oxygen atoms in total. The first-order valence-electron chi connectivity index (χ1n) is 5.16. The van der Waals surface area contributed by atoms with Crippen LogP contribution in [0.1, 0.15) is 17.9 Å². The van der Waals surface area contributed by atoms with Gasteiger partial charge in [-0.3, -0.25) is 4.68 Å². The van der Waals surface area contributed by atoms with Gasteiger partial charge in [0.2, 0.25) is 0 Å². The fourth-order valence-corrected chi connectivity index (χ4v) is 1.53. The van der Waals surface area contributed by atoms with Gasteiger partial charge in [0.15, 0.2) is 0 Å². The van der Waals surface area contributed by atoms with E-state index in [0.717, 1.165) is 5.69 Å². The molecule has 0 aliphatic carbocycles. The van der Waals surface area contributed by atoms with Crippen LogP contribution in [0, 0.1) is 0 Å². The van der Waals surface area contributed by atoms with E-state index in [2.05, 4.69) is 15.5 Å². The summed E-state index contributed by atoms with van der Waals surface area (Å²) in [4.78, 5) is 0. The van der Waals surface area contributed by atoms with Crippen LogP contribution >= 0.6 is 12.4 Å². The van der Waals surface area contributed by atoms with Crippen LogP contribution in [0.5, 0.6) is 0 Å². The molecule has 0 amide bonds. The highest BCUT2D eigenvalue weighted by molar-refractivity contribution is 5.85. The minimum atomic E-state index is -2.60. The summed E-state index contributed by atoms with van der Waals surface area (Å²) in [5.41, 5.74) is 1.33. The number of aryl methyl sites for hydroxylation is 1. The van der Waals surface area contributed by atoms with Gasteiger partial charge in [0.25, 0.3) is 0 Å². The zero-order valence-corrected chi connectivity index (χ0v) is 10.6. The van der Waals surface area contributed by atoms with Crippen LogP contribution in [0.3, 0.4) is 0 Å². The Labute approximate surface area is 109 Å². The molecule has 8 heteroatoms. The van der Waals surface area contributed by atoms with Gasteiger partial charge in [-0.05, 0) is 12.1 Å². The molecule has 0 aliphatic heterocycles. The normalized spacial score (nSPS) is 10.7. The maximum Gasteiger partial charge on any atom is 0.333 e. The molecule has 0 radical (unpaired) electrons. The lowest BCUT2D eigenvalue weighted by Gasteiger charge is -2.06. The molecule has 0 spiro atoms. The van der Waals surface area contributed by atoms with Crippen LogP contribution in [0.25, 0.3) is 0 Å². The molecule has 18 heavy (non-hydrogen) atoms. The van der Waals surface area contributed by atoms with Gasteiger partial charge in [0.05, 0.1) is 11.4 Å². The Balaban J connectivity index is 0.00000162. The van der Waals surface area contributed by atoms with Gasteiger partial charge in [-0.2, -0.15) is 19.0 Å². The van der Waals surface area contributed by atoms with E-state index >= 15 is 0 Å². The zero-order chi connectivity index (χ0) is 12.3. The number of nitrogens with one attached hydrogen (secondary N) is 1. The van der Waals surface area contributed by atoms with Crippen molar-refractivity contribution in [1.82, 2.24) is 24.9 Å². The van der Waals surface area contributed by atoms with E-state index in [9.17, 15) is 8.78 Å². The van der Waals surface area contributed by atoms with Gasteiger partial charge < -0.3 is 5.32 Å². The Morgan fingerprint density at radius 3 is 2.72 bits per heavy atom. The standard InChI is InChI=1S/C10H13F2N5.ClH/c1-16-5-3-8(15-16)6-13-7-9-2-4-14-17(9)10(11)12;/h2-5,10,13H,6-7H2,1H3;1H. The second-order valence-corrected chi connectivity index (χ2v) is 3.63. The molecular formula is C10H14ClF2N5. The van der Waals surface area contributed by atoms with Gasteiger partial charge in [-0.1, -0.05) is 0 Å². The van der Waals surface area contributed by atoms with E-state index in [-0.39, 0.29) is 12.4 Å². The molecule has 0 saturated carbocycles. The molecule has 0 bridgehead atoms. The summed E-state index contributed by atoms with van der Waals surface area (Å²) in [6.45, 7) is -1.73. The van der Waals surface area contributed by atoms with Crippen molar-refractivity contribution in [2.45, 2.75) is 19.6 Å². The quantitative estimate of drug-likeness (QED) is 0.905. The van der Waals surface area contributed by atoms with Crippen molar-refractivity contribution in [2.24, 2.45) is 7.05 Å². The smallest absolute Gasteiger partial charge is 0.305 e. The number of nitrogens with zero attached hydrogens (tertiary/aromatic N) is 4. The Kier molecular flexibility index (Phi) is 5.24. The Hall–Kier alpha value is -1.47. The zero-order valence-electron chi connectivity index (χ0n) is 9.75. The van der Waals surface area contributed by atoms with Crippen molar-refractivity contribution in [1.29, 1.82) is 0 Å². The van der Waals surface area contributed by atoms with Crippen molar-refractivity contribution in [3.05, 3.63) is 35.9 Å². The first kappa shape index (κ1) is 14.6. The number of halogens is 3. The maximum absolute atomic E-state index is 12.5. The summed E-state index contributed by atoms with van der Waals surface area (Å²) in [5, 5.41) is 10.8. The van der Waals surface area contributed by atoms with Crippen LogP contribution in [-0.2, 0) is 20.1 Å².